The van der Waals surface area contributed by atoms with E-state index in [9.17, 15) is 24.7 Å². The molecule has 2 unspecified atom stereocenters. The number of nitrogens with two attached hydrogens (primary N) is 1. The van der Waals surface area contributed by atoms with E-state index in [0.29, 0.717) is 49.2 Å². The molecule has 14 nitrogen and oxygen atoms in total. The SMILES string of the molecule is CCNc1ccc(C)cc1C(C)(C)C/C=C/C=C1/N(CCCCCC(=O)NCCSSCCC(=O)NCC#Cc2cn(C3CCC(CCO)O3)c(=O)nc2N)c2ccc(NO)cc2C1(C)C. The Morgan fingerprint density at radius 2 is 1.85 bits per heavy atom. The highest BCUT2D eigenvalue weighted by Crippen LogP contribution is 2.49. The number of aromatic nitrogens is 2. The molecule has 2 aliphatic rings. The Morgan fingerprint density at radius 1 is 1.06 bits per heavy atom. The van der Waals surface area contributed by atoms with E-state index in [-0.39, 0.29) is 47.7 Å². The third kappa shape index (κ3) is 14.5. The minimum Gasteiger partial charge on any atom is -0.396 e. The molecule has 0 radical (unpaired) electrons. The van der Waals surface area contributed by atoms with Crippen molar-refractivity contribution in [2.45, 2.75) is 122 Å². The number of unbranched alkanes of at least 4 members (excludes halogenated alkanes) is 2. The van der Waals surface area contributed by atoms with Crippen molar-refractivity contribution in [2.24, 2.45) is 0 Å². The highest BCUT2D eigenvalue weighted by molar-refractivity contribution is 8.76. The first-order chi connectivity index (χ1) is 31.7. The predicted molar refractivity (Wildman–Crippen MR) is 271 cm³/mol. The van der Waals surface area contributed by atoms with Crippen LogP contribution in [0.25, 0.3) is 0 Å². The Balaban J connectivity index is 0.988. The zero-order valence-corrected chi connectivity index (χ0v) is 41.1. The van der Waals surface area contributed by atoms with Crippen molar-refractivity contribution in [3.8, 4) is 11.8 Å². The van der Waals surface area contributed by atoms with Gasteiger partial charge in [0.15, 0.2) is 0 Å². The van der Waals surface area contributed by atoms with Crippen LogP contribution in [0.3, 0.4) is 0 Å². The molecule has 3 aromatic rings. The van der Waals surface area contributed by atoms with Gasteiger partial charge in [-0.05, 0) is 99.3 Å². The first-order valence-electron chi connectivity index (χ1n) is 23.1. The van der Waals surface area contributed by atoms with Gasteiger partial charge in [-0.3, -0.25) is 24.8 Å². The molecule has 16 heteroatoms. The largest absolute Gasteiger partial charge is 0.396 e. The van der Waals surface area contributed by atoms with E-state index in [0.717, 1.165) is 62.2 Å². The highest BCUT2D eigenvalue weighted by Gasteiger charge is 2.40. The topological polar surface area (TPSA) is 196 Å². The lowest BCUT2D eigenvalue weighted by Crippen LogP contribution is -2.28. The molecule has 1 fully saturated rings. The van der Waals surface area contributed by atoms with E-state index in [1.807, 2.05) is 12.1 Å². The molecule has 1 aromatic heterocycles. The molecule has 0 aliphatic carbocycles. The van der Waals surface area contributed by atoms with E-state index in [4.69, 9.17) is 10.5 Å². The predicted octanol–water partition coefficient (Wildman–Crippen LogP) is 7.95. The molecule has 0 bridgehead atoms. The highest BCUT2D eigenvalue weighted by atomic mass is 33.1. The van der Waals surface area contributed by atoms with Gasteiger partial charge in [-0.15, -0.1) is 0 Å². The summed E-state index contributed by atoms with van der Waals surface area (Å²) in [5.74, 6) is 7.06. The summed E-state index contributed by atoms with van der Waals surface area (Å²) in [7, 11) is 3.20. The van der Waals surface area contributed by atoms with Crippen LogP contribution in [-0.4, -0.2) is 82.1 Å². The molecule has 3 heterocycles. The number of allylic oxidation sites excluding steroid dienone is 4. The fourth-order valence-electron chi connectivity index (χ4n) is 8.39. The smallest absolute Gasteiger partial charge is 0.351 e. The van der Waals surface area contributed by atoms with Crippen LogP contribution in [0, 0.1) is 18.8 Å². The Kier molecular flexibility index (Phi) is 19.9. The van der Waals surface area contributed by atoms with Gasteiger partial charge in [0.05, 0.1) is 23.9 Å². The number of aryl methyl sites for hydroxylation is 1. The average Bonchev–Trinajstić information content (AvgIpc) is 3.83. The van der Waals surface area contributed by atoms with Gasteiger partial charge in [0.2, 0.25) is 11.8 Å². The van der Waals surface area contributed by atoms with Gasteiger partial charge in [-0.2, -0.15) is 4.98 Å². The Labute approximate surface area is 398 Å². The summed E-state index contributed by atoms with van der Waals surface area (Å²) in [6.07, 6.45) is 13.8. The number of anilines is 4. The third-order valence-electron chi connectivity index (χ3n) is 12.0. The molecule has 358 valence electrons. The zero-order chi connectivity index (χ0) is 47.7. The summed E-state index contributed by atoms with van der Waals surface area (Å²) in [6, 6.07) is 12.6. The second kappa shape index (κ2) is 25.3. The number of benzene rings is 2. The second-order valence-corrected chi connectivity index (χ2v) is 20.6. The molecular weight excluding hydrogens is 873 g/mol. The van der Waals surface area contributed by atoms with E-state index in [1.165, 1.54) is 33.3 Å². The number of nitrogens with one attached hydrogen (secondary N) is 4. The lowest BCUT2D eigenvalue weighted by molar-refractivity contribution is -0.121. The van der Waals surface area contributed by atoms with E-state index in [1.54, 1.807) is 21.6 Å². The molecule has 0 spiro atoms. The summed E-state index contributed by atoms with van der Waals surface area (Å²) in [5, 5.41) is 28.2. The van der Waals surface area contributed by atoms with Gasteiger partial charge in [-0.1, -0.05) is 97.4 Å². The molecule has 8 N–H and O–H groups in total. The quantitative estimate of drug-likeness (QED) is 0.0198. The van der Waals surface area contributed by atoms with Crippen molar-refractivity contribution >= 4 is 56.3 Å². The van der Waals surface area contributed by atoms with Crippen LogP contribution in [0.1, 0.15) is 121 Å². The van der Waals surface area contributed by atoms with Gasteiger partial charge >= 0.3 is 5.69 Å². The molecule has 2 aliphatic heterocycles. The van der Waals surface area contributed by atoms with E-state index in [2.05, 4.69) is 127 Å². The summed E-state index contributed by atoms with van der Waals surface area (Å²) < 4.78 is 7.25. The van der Waals surface area contributed by atoms with Crippen LogP contribution in [0.2, 0.25) is 0 Å². The Hall–Kier alpha value is -4.92. The van der Waals surface area contributed by atoms with E-state index >= 15 is 0 Å². The number of carbonyl (C=O) groups excluding carboxylic acids is 2. The zero-order valence-electron chi connectivity index (χ0n) is 39.5. The molecule has 2 amide bonds. The first-order valence-corrected chi connectivity index (χ1v) is 25.6. The van der Waals surface area contributed by atoms with Crippen molar-refractivity contribution in [3.63, 3.8) is 0 Å². The number of hydrogen-bond donors (Lipinski definition) is 7. The lowest BCUT2D eigenvalue weighted by atomic mass is 9.79. The van der Waals surface area contributed by atoms with Crippen LogP contribution in [0.5, 0.6) is 0 Å². The van der Waals surface area contributed by atoms with Gasteiger partial charge < -0.3 is 36.4 Å². The van der Waals surface area contributed by atoms with Gasteiger partial charge in [0.25, 0.3) is 0 Å². The van der Waals surface area contributed by atoms with Crippen molar-refractivity contribution in [3.05, 3.63) is 99.3 Å². The maximum Gasteiger partial charge on any atom is 0.351 e. The van der Waals surface area contributed by atoms with Gasteiger partial charge in [0.1, 0.15) is 12.0 Å². The van der Waals surface area contributed by atoms with Gasteiger partial charge in [-0.25, -0.2) is 4.79 Å². The molecule has 2 atom stereocenters. The summed E-state index contributed by atoms with van der Waals surface area (Å²) in [6.45, 7) is 15.7. The standard InChI is InChI=1S/C50H70N8O6S2/c1-7-52-41-20-17-35(2)32-39(41)49(3,4)25-11-10-15-43-50(5,6)40-33-37(56-63)18-21-42(40)57(43)28-12-8-9-16-44(60)54-27-31-66-65-30-24-45(61)53-26-13-14-36-34-58(48(62)55-47(36)51)46-22-19-38(64-46)23-29-59/h10-11,15,17-18,20-21,32-34,38,46,52,56,59,63H,7-9,12,16,19,22-31H2,1-6H3,(H,53,61)(H,54,60)(H2,51,55,62)/b11-10+,43-15+. The Bertz CT molecular complexity index is 2300. The van der Waals surface area contributed by atoms with Gasteiger partial charge in [0, 0.05) is 79.3 Å². The first kappa shape index (κ1) is 52.1. The minimum absolute atomic E-state index is 0.0192. The van der Waals surface area contributed by atoms with Crippen LogP contribution in [0.4, 0.5) is 22.9 Å². The number of aliphatic hydroxyl groups is 1. The molecule has 5 rings (SSSR count). The second-order valence-electron chi connectivity index (χ2n) is 17.9. The summed E-state index contributed by atoms with van der Waals surface area (Å²) >= 11 is 0. The van der Waals surface area contributed by atoms with Crippen molar-refractivity contribution < 1.29 is 24.6 Å². The maximum atomic E-state index is 12.7. The Morgan fingerprint density at radius 3 is 2.62 bits per heavy atom. The van der Waals surface area contributed by atoms with Crippen molar-refractivity contribution in [1.29, 1.82) is 0 Å². The number of ether oxygens (including phenoxy) is 1. The van der Waals surface area contributed by atoms with Crippen LogP contribution < -0.4 is 37.8 Å². The number of nitrogens with zero attached hydrogens (tertiary/aromatic N) is 3. The summed E-state index contributed by atoms with van der Waals surface area (Å²) in [5.41, 5.74) is 15.7. The van der Waals surface area contributed by atoms with Crippen LogP contribution >= 0.6 is 21.6 Å². The number of carbonyl (C=O) groups is 2. The van der Waals surface area contributed by atoms with Crippen LogP contribution in [0.15, 0.2) is 71.3 Å². The third-order valence-corrected chi connectivity index (χ3v) is 14.4. The molecule has 66 heavy (non-hydrogen) atoms. The number of fused-ring (bicyclic) bond motifs is 1. The summed E-state index contributed by atoms with van der Waals surface area (Å²) in [4.78, 5) is 43.7. The fourth-order valence-corrected chi connectivity index (χ4v) is 10.3. The number of rotatable bonds is 24. The molecule has 1 saturated heterocycles. The van der Waals surface area contributed by atoms with Crippen molar-refractivity contribution in [1.82, 2.24) is 20.2 Å². The minimum atomic E-state index is -0.520. The normalized spacial score (nSPS) is 17.2. The number of nitrogen functional groups attached to an aromatic ring is 1. The lowest BCUT2D eigenvalue weighted by Gasteiger charge is -2.28. The molecule has 0 saturated carbocycles. The maximum absolute atomic E-state index is 12.7. The molecule has 2 aromatic carbocycles. The monoisotopic (exact) mass is 942 g/mol. The van der Waals surface area contributed by atoms with Crippen LogP contribution in [-0.2, 0) is 25.2 Å². The number of amides is 2. The average molecular weight is 943 g/mol. The number of aliphatic hydroxyl groups excluding tert-OH is 1. The molecular formula is C50H70N8O6S2. The van der Waals surface area contributed by atoms with E-state index < -0.39 is 11.9 Å². The fraction of sp³-hybridized carbons (Fsp3) is 0.520. The van der Waals surface area contributed by atoms with Crippen molar-refractivity contribution in [2.75, 3.05) is 65.7 Å². The number of hydrogen-bond acceptors (Lipinski definition) is 13.